The number of aromatic nitrogens is 2. The second-order valence-corrected chi connectivity index (χ2v) is 7.03. The van der Waals surface area contributed by atoms with Gasteiger partial charge in [-0.05, 0) is 17.6 Å². The highest BCUT2D eigenvalue weighted by molar-refractivity contribution is 5.91. The molecule has 0 radical (unpaired) electrons. The second-order valence-electron chi connectivity index (χ2n) is 7.03. The quantitative estimate of drug-likeness (QED) is 0.648. The molecule has 1 fully saturated rings. The summed E-state index contributed by atoms with van der Waals surface area (Å²) in [6.07, 6.45) is 0.816. The fourth-order valence-electron chi connectivity index (χ4n) is 3.65. The Bertz CT molecular complexity index is 1030. The third-order valence-electron chi connectivity index (χ3n) is 5.20. The van der Waals surface area contributed by atoms with Crippen LogP contribution in [0.25, 0.3) is 11.3 Å². The molecule has 0 aliphatic carbocycles. The predicted octanol–water partition coefficient (Wildman–Crippen LogP) is 2.55. The van der Waals surface area contributed by atoms with Crippen LogP contribution in [0.5, 0.6) is 5.75 Å². The molecule has 2 heterocycles. The summed E-state index contributed by atoms with van der Waals surface area (Å²) in [4.78, 5) is 26.9. The van der Waals surface area contributed by atoms with E-state index >= 15 is 0 Å². The van der Waals surface area contributed by atoms with Crippen LogP contribution in [0.2, 0.25) is 0 Å². The van der Waals surface area contributed by atoms with Crippen molar-refractivity contribution in [1.29, 1.82) is 0 Å². The summed E-state index contributed by atoms with van der Waals surface area (Å²) in [5, 5.41) is 10.7. The number of rotatable bonds is 7. The lowest BCUT2D eigenvalue weighted by Crippen LogP contribution is -2.44. The minimum absolute atomic E-state index is 0.0471. The second kappa shape index (κ2) is 8.77. The first-order valence-electron chi connectivity index (χ1n) is 9.73. The van der Waals surface area contributed by atoms with Gasteiger partial charge in [0.05, 0.1) is 20.2 Å². The number of hydrogen-bond acceptors (Lipinski definition) is 6. The van der Waals surface area contributed by atoms with E-state index in [9.17, 15) is 9.59 Å². The normalized spacial score (nSPS) is 16.0. The predicted molar refractivity (Wildman–Crippen MR) is 108 cm³/mol. The molecular formula is C22H22N4O4. The largest absolute Gasteiger partial charge is 0.496 e. The van der Waals surface area contributed by atoms with Crippen LogP contribution in [0.15, 0.2) is 59.2 Å². The van der Waals surface area contributed by atoms with E-state index in [4.69, 9.17) is 9.37 Å². The Kier molecular flexibility index (Phi) is 5.74. The van der Waals surface area contributed by atoms with Crippen LogP contribution < -0.4 is 10.1 Å². The van der Waals surface area contributed by atoms with Gasteiger partial charge in [0.25, 0.3) is 0 Å². The molecule has 4 rings (SSSR count). The minimum Gasteiger partial charge on any atom is -0.496 e. The molecule has 8 heteroatoms. The molecule has 0 spiro atoms. The van der Waals surface area contributed by atoms with E-state index in [1.54, 1.807) is 12.0 Å². The standard InChI is InChI=1S/C22H22N4O4/c1-29-19-10-6-5-9-16(19)14-26-18(11-12-20(26)27)22(28)23-13-17-21(25-30-24-17)15-7-3-2-4-8-15/h2-10,18H,11-14H2,1H3,(H,23,28). The van der Waals surface area contributed by atoms with Gasteiger partial charge in [-0.15, -0.1) is 0 Å². The van der Waals surface area contributed by atoms with Gasteiger partial charge in [0, 0.05) is 17.5 Å². The van der Waals surface area contributed by atoms with Crippen LogP contribution in [0.4, 0.5) is 0 Å². The number of nitrogens with zero attached hydrogens (tertiary/aromatic N) is 3. The molecule has 0 saturated carbocycles. The molecule has 1 unspecified atom stereocenters. The molecule has 1 N–H and O–H groups in total. The van der Waals surface area contributed by atoms with Crippen molar-refractivity contribution in [3.05, 3.63) is 65.9 Å². The summed E-state index contributed by atoms with van der Waals surface area (Å²) < 4.78 is 10.2. The molecule has 2 amide bonds. The molecule has 1 aromatic heterocycles. The maximum Gasteiger partial charge on any atom is 0.243 e. The fourth-order valence-corrected chi connectivity index (χ4v) is 3.65. The highest BCUT2D eigenvalue weighted by Gasteiger charge is 2.36. The molecule has 8 nitrogen and oxygen atoms in total. The molecule has 30 heavy (non-hydrogen) atoms. The Morgan fingerprint density at radius 3 is 2.73 bits per heavy atom. The summed E-state index contributed by atoms with van der Waals surface area (Å²) in [6.45, 7) is 0.488. The van der Waals surface area contributed by atoms with E-state index in [1.807, 2.05) is 54.6 Å². The van der Waals surface area contributed by atoms with Crippen LogP contribution in [0.1, 0.15) is 24.1 Å². The van der Waals surface area contributed by atoms with Crippen molar-refractivity contribution < 1.29 is 19.0 Å². The Morgan fingerprint density at radius 1 is 1.17 bits per heavy atom. The number of para-hydroxylation sites is 1. The number of methoxy groups -OCH3 is 1. The van der Waals surface area contributed by atoms with Crippen molar-refractivity contribution >= 4 is 11.8 Å². The first kappa shape index (κ1) is 19.6. The van der Waals surface area contributed by atoms with E-state index in [0.29, 0.717) is 36.5 Å². The topological polar surface area (TPSA) is 97.6 Å². The average molecular weight is 406 g/mol. The third kappa shape index (κ3) is 4.03. The lowest BCUT2D eigenvalue weighted by atomic mass is 10.1. The SMILES string of the molecule is COc1ccccc1CN1C(=O)CCC1C(=O)NCc1nonc1-c1ccccc1. The van der Waals surface area contributed by atoms with Crippen molar-refractivity contribution in [2.75, 3.05) is 7.11 Å². The first-order valence-corrected chi connectivity index (χ1v) is 9.73. The van der Waals surface area contributed by atoms with Gasteiger partial charge in [0.1, 0.15) is 23.2 Å². The smallest absolute Gasteiger partial charge is 0.243 e. The van der Waals surface area contributed by atoms with Gasteiger partial charge in [0.2, 0.25) is 11.8 Å². The minimum atomic E-state index is -0.539. The van der Waals surface area contributed by atoms with E-state index < -0.39 is 6.04 Å². The molecule has 1 saturated heterocycles. The zero-order chi connectivity index (χ0) is 20.9. The highest BCUT2D eigenvalue weighted by atomic mass is 16.6. The van der Waals surface area contributed by atoms with Gasteiger partial charge in [-0.1, -0.05) is 53.7 Å². The van der Waals surface area contributed by atoms with Crippen LogP contribution in [0, 0.1) is 0 Å². The first-order chi connectivity index (χ1) is 14.7. The van der Waals surface area contributed by atoms with E-state index in [2.05, 4.69) is 15.6 Å². The molecule has 154 valence electrons. The van der Waals surface area contributed by atoms with Gasteiger partial charge in [-0.2, -0.15) is 0 Å². The number of carbonyl (C=O) groups is 2. The van der Waals surface area contributed by atoms with Crippen LogP contribution in [-0.2, 0) is 22.7 Å². The number of benzene rings is 2. The molecule has 1 aliphatic heterocycles. The Balaban J connectivity index is 1.44. The number of ether oxygens (including phenoxy) is 1. The van der Waals surface area contributed by atoms with Crippen LogP contribution >= 0.6 is 0 Å². The van der Waals surface area contributed by atoms with Gasteiger partial charge in [0.15, 0.2) is 0 Å². The van der Waals surface area contributed by atoms with Crippen LogP contribution in [-0.4, -0.2) is 40.2 Å². The van der Waals surface area contributed by atoms with Crippen molar-refractivity contribution in [2.45, 2.75) is 32.0 Å². The summed E-state index contributed by atoms with van der Waals surface area (Å²) >= 11 is 0. The van der Waals surface area contributed by atoms with Crippen molar-refractivity contribution in [2.24, 2.45) is 0 Å². The molecular weight excluding hydrogens is 384 g/mol. The lowest BCUT2D eigenvalue weighted by molar-refractivity contribution is -0.135. The average Bonchev–Trinajstić information content (AvgIpc) is 3.40. The van der Waals surface area contributed by atoms with Gasteiger partial charge < -0.3 is 15.0 Å². The zero-order valence-corrected chi connectivity index (χ0v) is 16.6. The summed E-state index contributed by atoms with van der Waals surface area (Å²) in [6, 6.07) is 16.4. The van der Waals surface area contributed by atoms with Crippen molar-refractivity contribution in [1.82, 2.24) is 20.5 Å². The number of hydrogen-bond donors (Lipinski definition) is 1. The third-order valence-corrected chi connectivity index (χ3v) is 5.20. The molecule has 1 atom stereocenters. The van der Waals surface area contributed by atoms with E-state index in [-0.39, 0.29) is 18.4 Å². The Labute approximate surface area is 173 Å². The van der Waals surface area contributed by atoms with Crippen molar-refractivity contribution in [3.8, 4) is 17.0 Å². The van der Waals surface area contributed by atoms with Gasteiger partial charge in [-0.3, -0.25) is 9.59 Å². The maximum atomic E-state index is 12.9. The summed E-state index contributed by atoms with van der Waals surface area (Å²) in [5.74, 6) is 0.421. The van der Waals surface area contributed by atoms with Gasteiger partial charge >= 0.3 is 0 Å². The Hall–Kier alpha value is -3.68. The number of likely N-dealkylation sites (tertiary alicyclic amines) is 1. The zero-order valence-electron chi connectivity index (χ0n) is 16.6. The summed E-state index contributed by atoms with van der Waals surface area (Å²) in [5.41, 5.74) is 2.84. The molecule has 3 aromatic rings. The molecule has 2 aromatic carbocycles. The highest BCUT2D eigenvalue weighted by Crippen LogP contribution is 2.26. The lowest BCUT2D eigenvalue weighted by Gasteiger charge is -2.24. The number of carbonyl (C=O) groups excluding carboxylic acids is 2. The summed E-state index contributed by atoms with van der Waals surface area (Å²) in [7, 11) is 1.59. The molecule has 1 aliphatic rings. The monoisotopic (exact) mass is 406 g/mol. The van der Waals surface area contributed by atoms with E-state index in [1.165, 1.54) is 0 Å². The van der Waals surface area contributed by atoms with Crippen LogP contribution in [0.3, 0.4) is 0 Å². The number of amides is 2. The molecule has 0 bridgehead atoms. The van der Waals surface area contributed by atoms with E-state index in [0.717, 1.165) is 11.1 Å². The van der Waals surface area contributed by atoms with Gasteiger partial charge in [-0.25, -0.2) is 4.63 Å². The number of nitrogens with one attached hydrogen (secondary N) is 1. The van der Waals surface area contributed by atoms with Crippen molar-refractivity contribution in [3.63, 3.8) is 0 Å². The fraction of sp³-hybridized carbons (Fsp3) is 0.273. The maximum absolute atomic E-state index is 12.9. The Morgan fingerprint density at radius 2 is 1.93 bits per heavy atom.